The van der Waals surface area contributed by atoms with E-state index < -0.39 is 5.41 Å². The van der Waals surface area contributed by atoms with Crippen LogP contribution in [0.25, 0.3) is 65.9 Å². The van der Waals surface area contributed by atoms with Gasteiger partial charge in [-0.15, -0.1) is 22.7 Å². The summed E-state index contributed by atoms with van der Waals surface area (Å²) in [5, 5.41) is 8.00. The van der Waals surface area contributed by atoms with Crippen molar-refractivity contribution in [2.45, 2.75) is 5.41 Å². The highest BCUT2D eigenvalue weighted by Gasteiger charge is 2.52. The maximum absolute atomic E-state index is 14.6. The van der Waals surface area contributed by atoms with Crippen molar-refractivity contribution < 1.29 is 9.59 Å². The fourth-order valence-electron chi connectivity index (χ4n) is 9.63. The molecule has 55 heavy (non-hydrogen) atoms. The third-order valence-corrected chi connectivity index (χ3v) is 15.2. The zero-order valence-corrected chi connectivity index (χ0v) is 33.4. The number of hydrogen-bond acceptors (Lipinski definition) is 4. The summed E-state index contributed by atoms with van der Waals surface area (Å²) in [6.07, 6.45) is 0. The molecule has 260 valence electrons. The normalized spacial score (nSPS) is 13.6. The molecule has 2 aliphatic carbocycles. The lowest BCUT2D eigenvalue weighted by molar-refractivity contribution is 0.0961. The molecule has 8 heteroatoms. The van der Waals surface area contributed by atoms with Crippen LogP contribution in [0.5, 0.6) is 0 Å². The molecule has 0 saturated heterocycles. The highest BCUT2D eigenvalue weighted by molar-refractivity contribution is 9.11. The first kappa shape index (κ1) is 31.9. The van der Waals surface area contributed by atoms with E-state index in [-0.39, 0.29) is 11.8 Å². The van der Waals surface area contributed by atoms with Gasteiger partial charge < -0.3 is 0 Å². The molecule has 6 aromatic carbocycles. The van der Waals surface area contributed by atoms with Gasteiger partial charge in [-0.1, -0.05) is 84.9 Å². The summed E-state index contributed by atoms with van der Waals surface area (Å²) >= 11 is 10.3. The van der Waals surface area contributed by atoms with Crippen LogP contribution in [0.1, 0.15) is 43.0 Å². The molecule has 10 aromatic rings. The average Bonchev–Trinajstić information content (AvgIpc) is 4.06. The van der Waals surface area contributed by atoms with Gasteiger partial charge in [0.1, 0.15) is 0 Å². The van der Waals surface area contributed by atoms with E-state index in [1.54, 1.807) is 0 Å². The van der Waals surface area contributed by atoms with Gasteiger partial charge in [0.2, 0.25) is 0 Å². The molecule has 0 atom stereocenters. The second-order valence-electron chi connectivity index (χ2n) is 14.2. The van der Waals surface area contributed by atoms with Gasteiger partial charge in [-0.3, -0.25) is 18.7 Å². The molecule has 0 amide bonds. The van der Waals surface area contributed by atoms with Crippen molar-refractivity contribution >= 4 is 110 Å². The predicted octanol–water partition coefficient (Wildman–Crippen LogP) is 13.3. The van der Waals surface area contributed by atoms with Crippen LogP contribution in [0, 0.1) is 0 Å². The fourth-order valence-corrected chi connectivity index (χ4v) is 12.1. The minimum absolute atomic E-state index is 0.0775. The SMILES string of the molecule is O=C(c1ccsc1Br)n1c2ccccc2c2cc3c(cc21)-c1cc2c(cc1C31c3ccccc3-c3ccccc31)c1ccccc1n2C(=O)c1ccsc1Br. The Bertz CT molecular complexity index is 3140. The topological polar surface area (TPSA) is 44.0 Å². The molecule has 0 fully saturated rings. The number of nitrogens with zero attached hydrogens (tertiary/aromatic N) is 2. The highest BCUT2D eigenvalue weighted by Crippen LogP contribution is 2.64. The minimum Gasteiger partial charge on any atom is -0.276 e. The number of aromatic nitrogens is 2. The molecule has 0 N–H and O–H groups in total. The highest BCUT2D eigenvalue weighted by atomic mass is 79.9. The fraction of sp³-hybridized carbons (Fsp3) is 0.0213. The summed E-state index contributed by atoms with van der Waals surface area (Å²) in [4.78, 5) is 29.1. The van der Waals surface area contributed by atoms with E-state index in [0.29, 0.717) is 11.1 Å². The zero-order valence-electron chi connectivity index (χ0n) is 28.6. The predicted molar refractivity (Wildman–Crippen MR) is 232 cm³/mol. The summed E-state index contributed by atoms with van der Waals surface area (Å²) in [6.45, 7) is 0. The summed E-state index contributed by atoms with van der Waals surface area (Å²) in [5.74, 6) is -0.155. The van der Waals surface area contributed by atoms with Gasteiger partial charge in [0.25, 0.3) is 11.8 Å². The van der Waals surface area contributed by atoms with Crippen molar-refractivity contribution in [3.63, 3.8) is 0 Å². The number of fused-ring (bicyclic) bond motifs is 16. The van der Waals surface area contributed by atoms with Crippen LogP contribution < -0.4 is 0 Å². The van der Waals surface area contributed by atoms with Crippen molar-refractivity contribution in [3.8, 4) is 22.3 Å². The molecule has 4 heterocycles. The molecular formula is C47H24Br2N2O2S2. The van der Waals surface area contributed by atoms with Crippen LogP contribution >= 0.6 is 54.5 Å². The molecule has 0 bridgehead atoms. The molecule has 0 aliphatic heterocycles. The van der Waals surface area contributed by atoms with Crippen molar-refractivity contribution in [2.24, 2.45) is 0 Å². The number of hydrogen-bond donors (Lipinski definition) is 0. The number of carbonyl (C=O) groups excluding carboxylic acids is 2. The Balaban J connectivity index is 1.26. The molecule has 0 radical (unpaired) electrons. The van der Waals surface area contributed by atoms with Crippen molar-refractivity contribution in [1.29, 1.82) is 0 Å². The van der Waals surface area contributed by atoms with E-state index in [4.69, 9.17) is 0 Å². The van der Waals surface area contributed by atoms with Crippen LogP contribution in [0.15, 0.2) is 152 Å². The smallest absolute Gasteiger partial charge is 0.264 e. The number of carbonyl (C=O) groups is 2. The maximum Gasteiger partial charge on any atom is 0.264 e. The van der Waals surface area contributed by atoms with Crippen molar-refractivity contribution in [1.82, 2.24) is 9.13 Å². The Kier molecular flexibility index (Phi) is 6.58. The third kappa shape index (κ3) is 4.00. The summed E-state index contributed by atoms with van der Waals surface area (Å²) < 4.78 is 5.38. The standard InChI is InChI=1S/C47H24Br2N2O2S2/c48-43-29(17-19-54-43)45(52)50-39-15-7-3-11-27(39)33-21-37-31(23-41(33)50)32-24-42-34(28-12-4-8-16-40(28)51(42)46(53)30-18-20-55-44(30)49)22-38(32)47(37)35-13-5-1-9-25(35)26-10-2-6-14-36(26)47/h1-24H. The number of benzene rings is 6. The van der Waals surface area contributed by atoms with Crippen molar-refractivity contribution in [3.05, 3.63) is 185 Å². The van der Waals surface area contributed by atoms with Gasteiger partial charge in [-0.25, -0.2) is 0 Å². The van der Waals surface area contributed by atoms with Crippen LogP contribution in [0.2, 0.25) is 0 Å². The van der Waals surface area contributed by atoms with Gasteiger partial charge in [-0.2, -0.15) is 0 Å². The molecule has 4 aromatic heterocycles. The zero-order chi connectivity index (χ0) is 36.7. The average molecular weight is 873 g/mol. The van der Waals surface area contributed by atoms with E-state index in [1.165, 1.54) is 56.1 Å². The molecule has 0 saturated carbocycles. The first-order chi connectivity index (χ1) is 27.0. The largest absolute Gasteiger partial charge is 0.276 e. The molecule has 12 rings (SSSR count). The van der Waals surface area contributed by atoms with Crippen LogP contribution in [0.4, 0.5) is 0 Å². The van der Waals surface area contributed by atoms with Gasteiger partial charge in [0.05, 0.1) is 46.2 Å². The number of rotatable bonds is 2. The van der Waals surface area contributed by atoms with Gasteiger partial charge in [0, 0.05) is 21.5 Å². The Hall–Kier alpha value is -5.38. The minimum atomic E-state index is -0.632. The van der Waals surface area contributed by atoms with Crippen LogP contribution in [-0.2, 0) is 5.41 Å². The van der Waals surface area contributed by atoms with Gasteiger partial charge in [-0.05, 0) is 136 Å². The second kappa shape index (κ2) is 11.3. The lowest BCUT2D eigenvalue weighted by Crippen LogP contribution is -2.25. The molecule has 0 unspecified atom stereocenters. The van der Waals surface area contributed by atoms with E-state index in [2.05, 4.69) is 129 Å². The number of para-hydroxylation sites is 2. The van der Waals surface area contributed by atoms with E-state index >= 15 is 0 Å². The summed E-state index contributed by atoms with van der Waals surface area (Å²) in [6, 6.07) is 47.0. The Morgan fingerprint density at radius 3 is 1.29 bits per heavy atom. The van der Waals surface area contributed by atoms with Crippen molar-refractivity contribution in [2.75, 3.05) is 0 Å². The maximum atomic E-state index is 14.6. The van der Waals surface area contributed by atoms with E-state index in [9.17, 15) is 9.59 Å². The van der Waals surface area contributed by atoms with Crippen LogP contribution in [-0.4, -0.2) is 20.9 Å². The van der Waals surface area contributed by atoms with E-state index in [0.717, 1.165) is 62.3 Å². The first-order valence-corrected chi connectivity index (χ1v) is 21.2. The summed E-state index contributed by atoms with van der Waals surface area (Å²) in [5.41, 5.74) is 13.4. The molecular weight excluding hydrogens is 848 g/mol. The summed E-state index contributed by atoms with van der Waals surface area (Å²) in [7, 11) is 0. The monoisotopic (exact) mass is 870 g/mol. The number of thiophene rings is 2. The lowest BCUT2D eigenvalue weighted by atomic mass is 9.70. The molecule has 4 nitrogen and oxygen atoms in total. The van der Waals surface area contributed by atoms with Crippen LogP contribution in [0.3, 0.4) is 0 Å². The molecule has 2 aliphatic rings. The third-order valence-electron chi connectivity index (χ3n) is 11.8. The second-order valence-corrected chi connectivity index (χ2v) is 18.7. The quantitative estimate of drug-likeness (QED) is 0.174. The van der Waals surface area contributed by atoms with E-state index in [1.807, 2.05) is 56.3 Å². The Labute approximate surface area is 339 Å². The number of halogens is 2. The first-order valence-electron chi connectivity index (χ1n) is 17.9. The van der Waals surface area contributed by atoms with Gasteiger partial charge in [0.15, 0.2) is 0 Å². The Morgan fingerprint density at radius 1 is 0.436 bits per heavy atom. The lowest BCUT2D eigenvalue weighted by Gasteiger charge is -2.30. The van der Waals surface area contributed by atoms with Gasteiger partial charge >= 0.3 is 0 Å². The Morgan fingerprint density at radius 2 is 0.855 bits per heavy atom. The molecule has 1 spiro atoms.